The van der Waals surface area contributed by atoms with Crippen molar-refractivity contribution in [3.63, 3.8) is 0 Å². The fourth-order valence-corrected chi connectivity index (χ4v) is 6.68. The fourth-order valence-electron chi connectivity index (χ4n) is 6.68. The maximum absolute atomic E-state index is 13.9. The smallest absolute Gasteiger partial charge is 0.410 e. The number of amides is 7. The van der Waals surface area contributed by atoms with Gasteiger partial charge in [0, 0.05) is 26.3 Å². The van der Waals surface area contributed by atoms with Crippen LogP contribution in [0.1, 0.15) is 87.0 Å². The Morgan fingerprint density at radius 2 is 1.30 bits per heavy atom. The number of rotatable bonds is 8. The zero-order valence-corrected chi connectivity index (χ0v) is 34.6. The Hall–Kier alpha value is -4.52. The van der Waals surface area contributed by atoms with E-state index >= 15 is 0 Å². The topological polar surface area (TPSA) is 240 Å². The first-order valence-corrected chi connectivity index (χ1v) is 19.9. The third-order valence-corrected chi connectivity index (χ3v) is 9.80. The first-order valence-electron chi connectivity index (χ1n) is 19.9. The Morgan fingerprint density at radius 1 is 0.754 bits per heavy atom. The molecule has 3 fully saturated rings. The molecule has 5 N–H and O–H groups in total. The van der Waals surface area contributed by atoms with Gasteiger partial charge in [-0.2, -0.15) is 0 Å². The van der Waals surface area contributed by atoms with Crippen molar-refractivity contribution in [3.8, 4) is 0 Å². The van der Waals surface area contributed by atoms with Crippen LogP contribution in [-0.4, -0.2) is 152 Å². The van der Waals surface area contributed by atoms with Crippen molar-refractivity contribution in [2.24, 2.45) is 11.8 Å². The van der Waals surface area contributed by atoms with E-state index in [2.05, 4.69) is 31.3 Å². The number of methoxy groups -OCH3 is 1. The van der Waals surface area contributed by atoms with Crippen LogP contribution in [0.25, 0.3) is 0 Å². The second-order valence-electron chi connectivity index (χ2n) is 16.3. The third-order valence-electron chi connectivity index (χ3n) is 9.80. The van der Waals surface area contributed by atoms with Gasteiger partial charge >= 0.3 is 12.1 Å². The normalized spacial score (nSPS) is 26.1. The van der Waals surface area contributed by atoms with Gasteiger partial charge in [-0.1, -0.05) is 27.7 Å². The van der Waals surface area contributed by atoms with Crippen molar-refractivity contribution < 1.29 is 57.3 Å². The van der Waals surface area contributed by atoms with Crippen LogP contribution in [0.5, 0.6) is 0 Å². The van der Waals surface area contributed by atoms with Crippen LogP contribution < -0.4 is 26.6 Å². The lowest BCUT2D eigenvalue weighted by Crippen LogP contribution is -2.62. The number of carbonyl (C=O) groups is 8. The monoisotopic (exact) mass is 809 g/mol. The number of carbonyl (C=O) groups excluding carboxylic acids is 8. The van der Waals surface area contributed by atoms with E-state index in [0.29, 0.717) is 51.6 Å². The number of nitrogens with one attached hydrogen (secondary N) is 5. The molecule has 19 nitrogen and oxygen atoms in total. The summed E-state index contributed by atoms with van der Waals surface area (Å²) in [5.41, 5.74) is -0.749. The molecule has 0 aromatic rings. The fraction of sp³-hybridized carbons (Fsp3) is 0.789. The van der Waals surface area contributed by atoms with Gasteiger partial charge in [0.2, 0.25) is 35.4 Å². The van der Waals surface area contributed by atoms with Crippen LogP contribution in [-0.2, 0) is 52.5 Å². The summed E-state index contributed by atoms with van der Waals surface area (Å²) < 4.78 is 21.6. The van der Waals surface area contributed by atoms with E-state index in [1.807, 2.05) is 0 Å². The van der Waals surface area contributed by atoms with Crippen molar-refractivity contribution in [2.75, 3.05) is 53.2 Å². The molecule has 0 spiro atoms. The summed E-state index contributed by atoms with van der Waals surface area (Å²) in [5.74, 6) is -5.32. The van der Waals surface area contributed by atoms with Crippen molar-refractivity contribution >= 4 is 47.5 Å². The Morgan fingerprint density at radius 3 is 1.88 bits per heavy atom. The molecular weight excluding hydrogens is 746 g/mol. The molecule has 3 saturated heterocycles. The standard InChI is InChI=1S/C38H63N7O12/c1-22(2)29-34(50)41-24(31(47)39-19-28(46)54-8)20-55-17-9-10-18-56-21-25(32(48)42-30(23(3)4)35(51)43-29)40-33(49)26-13-11-15-44(26)36(52)27-14-12-16-45(27)37(53)57-38(5,6)7/h22-27,29-30H,9-21H2,1-8H3,(H,39,47)(H,40,49)(H,41,50)(H,42,48)(H,43,51)/t24-,25-,26-,27?,29-,30-/m0/s1. The summed E-state index contributed by atoms with van der Waals surface area (Å²) in [7, 11) is 1.17. The minimum Gasteiger partial charge on any atom is -0.468 e. The highest BCUT2D eigenvalue weighted by atomic mass is 16.6. The van der Waals surface area contributed by atoms with Crippen LogP contribution in [0, 0.1) is 11.8 Å². The van der Waals surface area contributed by atoms with Crippen LogP contribution in [0.15, 0.2) is 0 Å². The highest BCUT2D eigenvalue weighted by Crippen LogP contribution is 2.26. The third kappa shape index (κ3) is 14.1. The minimum atomic E-state index is -1.25. The number of hydrogen-bond donors (Lipinski definition) is 5. The van der Waals surface area contributed by atoms with E-state index < -0.39 is 102 Å². The number of ether oxygens (including phenoxy) is 4. The van der Waals surface area contributed by atoms with Crippen LogP contribution in [0.3, 0.4) is 0 Å². The molecule has 0 aromatic carbocycles. The number of esters is 1. The molecule has 1 unspecified atom stereocenters. The molecule has 0 aromatic heterocycles. The lowest BCUT2D eigenvalue weighted by atomic mass is 9.99. The number of likely N-dealkylation sites (tertiary alicyclic amines) is 2. The molecule has 0 radical (unpaired) electrons. The largest absolute Gasteiger partial charge is 0.468 e. The predicted octanol–water partition coefficient (Wildman–Crippen LogP) is -0.256. The van der Waals surface area contributed by atoms with E-state index in [-0.39, 0.29) is 32.3 Å². The van der Waals surface area contributed by atoms with Gasteiger partial charge < -0.3 is 50.4 Å². The second-order valence-corrected chi connectivity index (χ2v) is 16.3. The summed E-state index contributed by atoms with van der Waals surface area (Å²) in [6.45, 7) is 12.1. The lowest BCUT2D eigenvalue weighted by molar-refractivity contribution is -0.143. The second kappa shape index (κ2) is 21.9. The molecular formula is C38H63N7O12. The van der Waals surface area contributed by atoms with Crippen molar-refractivity contribution in [1.82, 2.24) is 36.4 Å². The summed E-state index contributed by atoms with van der Waals surface area (Å²) in [6, 6.07) is -6.43. The van der Waals surface area contributed by atoms with E-state index in [1.54, 1.807) is 48.5 Å². The summed E-state index contributed by atoms with van der Waals surface area (Å²) in [4.78, 5) is 109. The summed E-state index contributed by atoms with van der Waals surface area (Å²) >= 11 is 0. The van der Waals surface area contributed by atoms with Crippen LogP contribution in [0.4, 0.5) is 4.79 Å². The van der Waals surface area contributed by atoms with Crippen molar-refractivity contribution in [2.45, 2.75) is 129 Å². The molecule has 57 heavy (non-hydrogen) atoms. The molecule has 0 aliphatic carbocycles. The van der Waals surface area contributed by atoms with Crippen LogP contribution >= 0.6 is 0 Å². The van der Waals surface area contributed by atoms with Gasteiger partial charge in [0.15, 0.2) is 0 Å². The predicted molar refractivity (Wildman–Crippen MR) is 204 cm³/mol. The molecule has 3 aliphatic rings. The van der Waals surface area contributed by atoms with Crippen molar-refractivity contribution in [3.05, 3.63) is 0 Å². The van der Waals surface area contributed by atoms with E-state index in [4.69, 9.17) is 14.2 Å². The first kappa shape index (κ1) is 46.9. The quantitative estimate of drug-likeness (QED) is 0.200. The van der Waals surface area contributed by atoms with Crippen LogP contribution in [0.2, 0.25) is 0 Å². The molecule has 6 atom stereocenters. The van der Waals surface area contributed by atoms with Gasteiger partial charge in [-0.3, -0.25) is 38.5 Å². The summed E-state index contributed by atoms with van der Waals surface area (Å²) in [6.07, 6.45) is 2.28. The van der Waals surface area contributed by atoms with Gasteiger partial charge in [-0.25, -0.2) is 4.79 Å². The number of hydrogen-bond acceptors (Lipinski definition) is 12. The molecule has 0 saturated carbocycles. The zero-order chi connectivity index (χ0) is 42.4. The minimum absolute atomic E-state index is 0.170. The molecule has 0 bridgehead atoms. The van der Waals surface area contributed by atoms with Gasteiger partial charge in [0.25, 0.3) is 0 Å². The Bertz CT molecular complexity index is 1450. The average molecular weight is 810 g/mol. The van der Waals surface area contributed by atoms with Gasteiger partial charge in [-0.15, -0.1) is 0 Å². The highest BCUT2D eigenvalue weighted by Gasteiger charge is 2.44. The summed E-state index contributed by atoms with van der Waals surface area (Å²) in [5, 5.41) is 13.2. The molecule has 3 rings (SSSR count). The molecule has 3 aliphatic heterocycles. The van der Waals surface area contributed by atoms with Crippen molar-refractivity contribution in [1.29, 1.82) is 0 Å². The molecule has 322 valence electrons. The maximum Gasteiger partial charge on any atom is 0.410 e. The molecule has 7 amide bonds. The van der Waals surface area contributed by atoms with Gasteiger partial charge in [-0.05, 0) is 71.1 Å². The number of nitrogens with zero attached hydrogens (tertiary/aromatic N) is 2. The van der Waals surface area contributed by atoms with Gasteiger partial charge in [0.1, 0.15) is 48.4 Å². The Kier molecular flexibility index (Phi) is 18.0. The SMILES string of the molecule is COC(=O)CNC(=O)[C@@H]1COCCCCOC[C@H](NC(=O)[C@@H]2CCCN2C(=O)C2CCCN2C(=O)OC(C)(C)C)C(=O)N[C@@H](C(C)C)C(=O)N[C@@H](C(C)C)C(=O)N1. The first-order chi connectivity index (χ1) is 26.8. The zero-order valence-electron chi connectivity index (χ0n) is 34.6. The molecule has 3 heterocycles. The maximum atomic E-state index is 13.9. The highest BCUT2D eigenvalue weighted by molar-refractivity contribution is 5.97. The van der Waals surface area contributed by atoms with E-state index in [0.717, 1.165) is 0 Å². The van der Waals surface area contributed by atoms with Gasteiger partial charge in [0.05, 0.1) is 20.3 Å². The van der Waals surface area contributed by atoms with E-state index in [9.17, 15) is 38.4 Å². The van der Waals surface area contributed by atoms with E-state index in [1.165, 1.54) is 16.9 Å². The lowest BCUT2D eigenvalue weighted by Gasteiger charge is -2.33. The average Bonchev–Trinajstić information content (AvgIpc) is 3.84. The Balaban J connectivity index is 1.79. The molecule has 19 heteroatoms. The Labute approximate surface area is 334 Å².